The minimum atomic E-state index is -0.276. The zero-order valence-electron chi connectivity index (χ0n) is 13.4. The monoisotopic (exact) mass is 326 g/mol. The Hall–Kier alpha value is -3.09. The van der Waals surface area contributed by atoms with Crippen molar-refractivity contribution in [3.05, 3.63) is 42.1 Å². The predicted molar refractivity (Wildman–Crippen MR) is 90.4 cm³/mol. The zero-order valence-corrected chi connectivity index (χ0v) is 13.4. The minimum Gasteiger partial charge on any atom is -0.457 e. The second-order valence-corrected chi connectivity index (χ2v) is 5.74. The number of benzene rings is 1. The fraction of sp³-hybridized carbons (Fsp3) is 0.235. The quantitative estimate of drug-likeness (QED) is 0.805. The van der Waals surface area contributed by atoms with Crippen LogP contribution in [0.5, 0.6) is 11.5 Å². The van der Waals surface area contributed by atoms with Gasteiger partial charge in [-0.3, -0.25) is 4.79 Å². The Kier molecular flexibility index (Phi) is 4.33. The van der Waals surface area contributed by atoms with Crippen molar-refractivity contribution in [2.75, 3.05) is 10.6 Å². The van der Waals surface area contributed by atoms with E-state index in [-0.39, 0.29) is 24.4 Å². The zero-order chi connectivity index (χ0) is 17.1. The summed E-state index contributed by atoms with van der Waals surface area (Å²) in [6.07, 6.45) is 1.82. The standard InChI is InChI=1S/C17H18N4O3/c1-10(2)19-17(23)20-11-4-3-5-12(8-11)24-14-6-7-18-16-13(14)9-15(22)21-16/h3-8,10H,9H2,1-2H3,(H,18,21,22)(H2,19,20,23). The van der Waals surface area contributed by atoms with Crippen molar-refractivity contribution in [1.29, 1.82) is 0 Å². The van der Waals surface area contributed by atoms with E-state index in [1.165, 1.54) is 0 Å². The van der Waals surface area contributed by atoms with E-state index in [0.717, 1.165) is 5.56 Å². The lowest BCUT2D eigenvalue weighted by Gasteiger charge is -2.12. The Morgan fingerprint density at radius 3 is 2.96 bits per heavy atom. The summed E-state index contributed by atoms with van der Waals surface area (Å²) in [5.41, 5.74) is 1.35. The molecule has 3 rings (SSSR count). The molecule has 3 N–H and O–H groups in total. The van der Waals surface area contributed by atoms with Gasteiger partial charge in [-0.25, -0.2) is 9.78 Å². The third kappa shape index (κ3) is 3.62. The van der Waals surface area contributed by atoms with Crippen LogP contribution in [0, 0.1) is 0 Å². The largest absolute Gasteiger partial charge is 0.457 e. The van der Waals surface area contributed by atoms with Crippen LogP contribution in [0.25, 0.3) is 0 Å². The van der Waals surface area contributed by atoms with E-state index in [1.54, 1.807) is 36.5 Å². The molecule has 0 saturated carbocycles. The average molecular weight is 326 g/mol. The van der Waals surface area contributed by atoms with Gasteiger partial charge < -0.3 is 20.7 Å². The van der Waals surface area contributed by atoms with E-state index < -0.39 is 0 Å². The molecule has 1 aromatic carbocycles. The van der Waals surface area contributed by atoms with E-state index in [2.05, 4.69) is 20.9 Å². The number of carbonyl (C=O) groups is 2. The smallest absolute Gasteiger partial charge is 0.319 e. The third-order valence-corrected chi connectivity index (χ3v) is 3.35. The molecule has 1 aromatic heterocycles. The molecule has 0 fully saturated rings. The fourth-order valence-corrected chi connectivity index (χ4v) is 2.38. The number of nitrogens with one attached hydrogen (secondary N) is 3. The molecule has 0 bridgehead atoms. The topological polar surface area (TPSA) is 92.3 Å². The van der Waals surface area contributed by atoms with Crippen molar-refractivity contribution >= 4 is 23.4 Å². The molecule has 0 unspecified atom stereocenters. The number of amides is 3. The van der Waals surface area contributed by atoms with Gasteiger partial charge in [0.2, 0.25) is 5.91 Å². The second-order valence-electron chi connectivity index (χ2n) is 5.74. The summed E-state index contributed by atoms with van der Waals surface area (Å²) in [6.45, 7) is 3.77. The van der Waals surface area contributed by atoms with E-state index >= 15 is 0 Å². The highest BCUT2D eigenvalue weighted by Gasteiger charge is 2.23. The number of fused-ring (bicyclic) bond motifs is 1. The van der Waals surface area contributed by atoms with Gasteiger partial charge in [-0.2, -0.15) is 0 Å². The lowest BCUT2D eigenvalue weighted by molar-refractivity contribution is -0.115. The lowest BCUT2D eigenvalue weighted by atomic mass is 10.2. The molecule has 0 radical (unpaired) electrons. The summed E-state index contributed by atoms with van der Waals surface area (Å²) in [7, 11) is 0. The number of ether oxygens (including phenoxy) is 1. The average Bonchev–Trinajstić information content (AvgIpc) is 2.88. The van der Waals surface area contributed by atoms with Gasteiger partial charge >= 0.3 is 6.03 Å². The molecule has 24 heavy (non-hydrogen) atoms. The van der Waals surface area contributed by atoms with Crippen molar-refractivity contribution in [2.45, 2.75) is 26.3 Å². The first-order valence-electron chi connectivity index (χ1n) is 7.64. The van der Waals surface area contributed by atoms with Crippen molar-refractivity contribution < 1.29 is 14.3 Å². The summed E-state index contributed by atoms with van der Waals surface area (Å²) >= 11 is 0. The van der Waals surface area contributed by atoms with Crippen LogP contribution in [0.4, 0.5) is 16.3 Å². The third-order valence-electron chi connectivity index (χ3n) is 3.35. The Labute approximate surface area is 139 Å². The number of pyridine rings is 1. The van der Waals surface area contributed by atoms with Crippen LogP contribution >= 0.6 is 0 Å². The summed E-state index contributed by atoms with van der Waals surface area (Å²) in [5, 5.41) is 8.19. The van der Waals surface area contributed by atoms with Gasteiger partial charge in [-0.15, -0.1) is 0 Å². The van der Waals surface area contributed by atoms with E-state index in [0.29, 0.717) is 23.0 Å². The Bertz CT molecular complexity index is 789. The van der Waals surface area contributed by atoms with Crippen LogP contribution in [0.15, 0.2) is 36.5 Å². The first-order valence-corrected chi connectivity index (χ1v) is 7.64. The molecule has 7 heteroatoms. The molecule has 3 amide bonds. The Morgan fingerprint density at radius 1 is 1.33 bits per heavy atom. The highest BCUT2D eigenvalue weighted by atomic mass is 16.5. The maximum Gasteiger partial charge on any atom is 0.319 e. The number of aromatic nitrogens is 1. The molecule has 0 atom stereocenters. The van der Waals surface area contributed by atoms with Gasteiger partial charge in [-0.05, 0) is 32.0 Å². The molecule has 1 aliphatic heterocycles. The van der Waals surface area contributed by atoms with Crippen LogP contribution in [0.1, 0.15) is 19.4 Å². The highest BCUT2D eigenvalue weighted by molar-refractivity contribution is 5.98. The SMILES string of the molecule is CC(C)NC(=O)Nc1cccc(Oc2ccnc3c2CC(=O)N3)c1. The minimum absolute atomic E-state index is 0.0499. The molecule has 0 aliphatic carbocycles. The molecule has 124 valence electrons. The number of anilines is 2. The van der Waals surface area contributed by atoms with Crippen molar-refractivity contribution in [3.8, 4) is 11.5 Å². The van der Waals surface area contributed by atoms with Gasteiger partial charge in [0.05, 0.1) is 6.42 Å². The van der Waals surface area contributed by atoms with Crippen molar-refractivity contribution in [1.82, 2.24) is 10.3 Å². The number of urea groups is 1. The van der Waals surface area contributed by atoms with E-state index in [1.807, 2.05) is 13.8 Å². The second kappa shape index (κ2) is 6.57. The Morgan fingerprint density at radius 2 is 2.17 bits per heavy atom. The van der Waals surface area contributed by atoms with Crippen LogP contribution in [-0.4, -0.2) is 23.0 Å². The van der Waals surface area contributed by atoms with E-state index in [9.17, 15) is 9.59 Å². The van der Waals surface area contributed by atoms with Crippen LogP contribution in [-0.2, 0) is 11.2 Å². The van der Waals surface area contributed by atoms with Gasteiger partial charge in [0, 0.05) is 29.6 Å². The molecular formula is C17H18N4O3. The number of hydrogen-bond donors (Lipinski definition) is 3. The first kappa shape index (κ1) is 15.8. The molecule has 0 saturated heterocycles. The fourth-order valence-electron chi connectivity index (χ4n) is 2.38. The molecular weight excluding hydrogens is 308 g/mol. The normalized spacial score (nSPS) is 12.5. The molecule has 7 nitrogen and oxygen atoms in total. The van der Waals surface area contributed by atoms with Gasteiger partial charge in [-0.1, -0.05) is 6.07 Å². The number of hydrogen-bond acceptors (Lipinski definition) is 4. The number of rotatable bonds is 4. The van der Waals surface area contributed by atoms with Crippen molar-refractivity contribution in [2.24, 2.45) is 0 Å². The van der Waals surface area contributed by atoms with Gasteiger partial charge in [0.15, 0.2) is 0 Å². The molecule has 2 aromatic rings. The van der Waals surface area contributed by atoms with Gasteiger partial charge in [0.25, 0.3) is 0 Å². The van der Waals surface area contributed by atoms with Crippen LogP contribution in [0.2, 0.25) is 0 Å². The molecule has 1 aliphatic rings. The summed E-state index contributed by atoms with van der Waals surface area (Å²) < 4.78 is 5.87. The van der Waals surface area contributed by atoms with Crippen LogP contribution in [0.3, 0.4) is 0 Å². The number of nitrogens with zero attached hydrogens (tertiary/aromatic N) is 1. The summed E-state index contributed by atoms with van der Waals surface area (Å²) in [5.74, 6) is 1.56. The maximum absolute atomic E-state index is 11.8. The van der Waals surface area contributed by atoms with Crippen molar-refractivity contribution in [3.63, 3.8) is 0 Å². The van der Waals surface area contributed by atoms with E-state index in [4.69, 9.17) is 4.74 Å². The molecule has 0 spiro atoms. The Balaban J connectivity index is 1.75. The lowest BCUT2D eigenvalue weighted by Crippen LogP contribution is -2.34. The van der Waals surface area contributed by atoms with Gasteiger partial charge in [0.1, 0.15) is 17.3 Å². The molecule has 2 heterocycles. The first-order chi connectivity index (χ1) is 11.5. The summed E-state index contributed by atoms with van der Waals surface area (Å²) in [4.78, 5) is 27.4. The predicted octanol–water partition coefficient (Wildman–Crippen LogP) is 2.90. The van der Waals surface area contributed by atoms with Crippen LogP contribution < -0.4 is 20.7 Å². The highest BCUT2D eigenvalue weighted by Crippen LogP contribution is 2.33. The maximum atomic E-state index is 11.8. The summed E-state index contributed by atoms with van der Waals surface area (Å²) in [6, 6.07) is 8.54. The number of carbonyl (C=O) groups excluding carboxylic acids is 2.